The van der Waals surface area contributed by atoms with Crippen molar-refractivity contribution in [1.82, 2.24) is 10.2 Å². The van der Waals surface area contributed by atoms with E-state index in [1.165, 1.54) is 0 Å². The zero-order chi connectivity index (χ0) is 19.1. The highest BCUT2D eigenvalue weighted by Gasteiger charge is 2.25. The lowest BCUT2D eigenvalue weighted by Gasteiger charge is -2.32. The first kappa shape index (κ1) is 19.4. The van der Waals surface area contributed by atoms with Crippen molar-refractivity contribution in [3.05, 3.63) is 52.2 Å². The summed E-state index contributed by atoms with van der Waals surface area (Å²) in [6.07, 6.45) is 3.40. The number of nitrogens with one attached hydrogen (secondary N) is 1. The second-order valence-corrected chi connectivity index (χ2v) is 7.72. The number of thiophene rings is 1. The number of nitrogens with zero attached hydrogens (tertiary/aromatic N) is 1. The summed E-state index contributed by atoms with van der Waals surface area (Å²) >= 11 is 1.54. The molecule has 1 aliphatic rings. The maximum absolute atomic E-state index is 12.5. The van der Waals surface area contributed by atoms with Crippen molar-refractivity contribution < 1.29 is 14.3 Å². The summed E-state index contributed by atoms with van der Waals surface area (Å²) in [5.41, 5.74) is 1.80. The van der Waals surface area contributed by atoms with Crippen LogP contribution < -0.4 is 10.1 Å². The quantitative estimate of drug-likeness (QED) is 0.789. The Kier molecular flexibility index (Phi) is 6.87. The molecule has 1 fully saturated rings. The van der Waals surface area contributed by atoms with E-state index in [2.05, 4.69) is 5.32 Å². The van der Waals surface area contributed by atoms with Crippen molar-refractivity contribution in [3.63, 3.8) is 0 Å². The third-order valence-electron chi connectivity index (χ3n) is 4.98. The van der Waals surface area contributed by atoms with Crippen LogP contribution in [0.1, 0.15) is 41.6 Å². The number of carbonyl (C=O) groups is 2. The standard InChI is InChI=1S/C21H26N2O3S/c1-26-19-6-2-4-17(12-19)13-22-20(24)8-7-16-5-3-10-23(14-16)21(25)18-9-11-27-15-18/h2,4,6,9,11-12,15-16H,3,5,7-8,10,13-14H2,1H3,(H,22,24)/t16-/m0/s1. The number of hydrogen-bond acceptors (Lipinski definition) is 4. The summed E-state index contributed by atoms with van der Waals surface area (Å²) in [5.74, 6) is 1.35. The number of carbonyl (C=O) groups excluding carboxylic acids is 2. The number of ether oxygens (including phenoxy) is 1. The summed E-state index contributed by atoms with van der Waals surface area (Å²) in [4.78, 5) is 26.6. The number of hydrogen-bond donors (Lipinski definition) is 1. The first-order chi connectivity index (χ1) is 13.2. The predicted octanol–water partition coefficient (Wildman–Crippen LogP) is 3.71. The molecule has 0 bridgehead atoms. The van der Waals surface area contributed by atoms with Crippen LogP contribution in [-0.2, 0) is 11.3 Å². The molecule has 0 unspecified atom stereocenters. The molecule has 0 saturated carbocycles. The fourth-order valence-electron chi connectivity index (χ4n) is 3.46. The van der Waals surface area contributed by atoms with Gasteiger partial charge in [0, 0.05) is 31.4 Å². The van der Waals surface area contributed by atoms with Gasteiger partial charge in [0.15, 0.2) is 0 Å². The lowest BCUT2D eigenvalue weighted by Crippen LogP contribution is -2.40. The molecule has 0 spiro atoms. The third kappa shape index (κ3) is 5.57. The van der Waals surface area contributed by atoms with Gasteiger partial charge in [-0.3, -0.25) is 9.59 Å². The monoisotopic (exact) mass is 386 g/mol. The van der Waals surface area contributed by atoms with Crippen LogP contribution in [-0.4, -0.2) is 36.9 Å². The van der Waals surface area contributed by atoms with E-state index in [9.17, 15) is 9.59 Å². The van der Waals surface area contributed by atoms with Gasteiger partial charge in [0.1, 0.15) is 5.75 Å². The molecule has 3 rings (SSSR count). The number of benzene rings is 1. The number of piperidine rings is 1. The number of likely N-dealkylation sites (tertiary alicyclic amines) is 1. The van der Waals surface area contributed by atoms with E-state index in [0.717, 1.165) is 49.2 Å². The second-order valence-electron chi connectivity index (χ2n) is 6.94. The molecule has 0 aliphatic carbocycles. The molecule has 0 radical (unpaired) electrons. The second kappa shape index (κ2) is 9.55. The van der Waals surface area contributed by atoms with Gasteiger partial charge in [0.2, 0.25) is 5.91 Å². The Morgan fingerprint density at radius 1 is 1.33 bits per heavy atom. The van der Waals surface area contributed by atoms with Gasteiger partial charge in [-0.15, -0.1) is 0 Å². The fraction of sp³-hybridized carbons (Fsp3) is 0.429. The molecule has 144 valence electrons. The molecule has 1 aliphatic heterocycles. The van der Waals surface area contributed by atoms with Gasteiger partial charge >= 0.3 is 0 Å². The Morgan fingerprint density at radius 3 is 3.00 bits per heavy atom. The molecule has 2 amide bonds. The van der Waals surface area contributed by atoms with Gasteiger partial charge in [-0.2, -0.15) is 11.3 Å². The van der Waals surface area contributed by atoms with Crippen LogP contribution in [0.2, 0.25) is 0 Å². The Labute approximate surface area is 164 Å². The first-order valence-electron chi connectivity index (χ1n) is 9.37. The minimum atomic E-state index is 0.0547. The normalized spacial score (nSPS) is 16.8. The van der Waals surface area contributed by atoms with Gasteiger partial charge in [-0.1, -0.05) is 12.1 Å². The molecule has 5 nitrogen and oxygen atoms in total. The summed E-state index contributed by atoms with van der Waals surface area (Å²) in [5, 5.41) is 6.81. The largest absolute Gasteiger partial charge is 0.497 e. The van der Waals surface area contributed by atoms with Crippen molar-refractivity contribution in [2.75, 3.05) is 20.2 Å². The highest BCUT2D eigenvalue weighted by atomic mass is 32.1. The molecule has 27 heavy (non-hydrogen) atoms. The lowest BCUT2D eigenvalue weighted by molar-refractivity contribution is -0.121. The summed E-state index contributed by atoms with van der Waals surface area (Å²) in [6, 6.07) is 9.58. The third-order valence-corrected chi connectivity index (χ3v) is 5.66. The maximum Gasteiger partial charge on any atom is 0.254 e. The van der Waals surface area contributed by atoms with Crippen LogP contribution in [0.25, 0.3) is 0 Å². The van der Waals surface area contributed by atoms with Crippen LogP contribution in [0.5, 0.6) is 5.75 Å². The minimum Gasteiger partial charge on any atom is -0.497 e. The number of methoxy groups -OCH3 is 1. The van der Waals surface area contributed by atoms with Gasteiger partial charge < -0.3 is 15.0 Å². The van der Waals surface area contributed by atoms with Crippen LogP contribution in [0.3, 0.4) is 0 Å². The topological polar surface area (TPSA) is 58.6 Å². The Hall–Kier alpha value is -2.34. The van der Waals surface area contributed by atoms with E-state index in [1.807, 2.05) is 46.0 Å². The maximum atomic E-state index is 12.5. The zero-order valence-electron chi connectivity index (χ0n) is 15.6. The Morgan fingerprint density at radius 2 is 2.22 bits per heavy atom. The molecular weight excluding hydrogens is 360 g/mol. The van der Waals surface area contributed by atoms with Crippen LogP contribution >= 0.6 is 11.3 Å². The molecular formula is C21H26N2O3S. The molecule has 1 saturated heterocycles. The van der Waals surface area contributed by atoms with Gasteiger partial charge in [0.25, 0.3) is 5.91 Å². The predicted molar refractivity (Wildman–Crippen MR) is 107 cm³/mol. The van der Waals surface area contributed by atoms with Crippen molar-refractivity contribution in [2.24, 2.45) is 5.92 Å². The number of amides is 2. The van der Waals surface area contributed by atoms with E-state index in [-0.39, 0.29) is 11.8 Å². The van der Waals surface area contributed by atoms with E-state index >= 15 is 0 Å². The van der Waals surface area contributed by atoms with Crippen molar-refractivity contribution in [3.8, 4) is 5.75 Å². The van der Waals surface area contributed by atoms with Gasteiger partial charge in [0.05, 0.1) is 12.7 Å². The highest BCUT2D eigenvalue weighted by Crippen LogP contribution is 2.23. The van der Waals surface area contributed by atoms with E-state index in [4.69, 9.17) is 4.74 Å². The molecule has 1 N–H and O–H groups in total. The smallest absolute Gasteiger partial charge is 0.254 e. The van der Waals surface area contributed by atoms with E-state index in [0.29, 0.717) is 18.9 Å². The molecule has 1 aromatic heterocycles. The first-order valence-corrected chi connectivity index (χ1v) is 10.3. The van der Waals surface area contributed by atoms with Crippen LogP contribution in [0, 0.1) is 5.92 Å². The molecule has 2 heterocycles. The van der Waals surface area contributed by atoms with Crippen molar-refractivity contribution in [1.29, 1.82) is 0 Å². The summed E-state index contributed by atoms with van der Waals surface area (Å²) in [6.45, 7) is 2.06. The fourth-order valence-corrected chi connectivity index (χ4v) is 4.09. The summed E-state index contributed by atoms with van der Waals surface area (Å²) in [7, 11) is 1.63. The van der Waals surface area contributed by atoms with Crippen LogP contribution in [0.15, 0.2) is 41.1 Å². The Balaban J connectivity index is 1.42. The highest BCUT2D eigenvalue weighted by molar-refractivity contribution is 7.08. The lowest BCUT2D eigenvalue weighted by atomic mass is 9.93. The molecule has 1 atom stereocenters. The Bertz CT molecular complexity index is 761. The SMILES string of the molecule is COc1cccc(CNC(=O)CC[C@@H]2CCCN(C(=O)c3ccsc3)C2)c1. The van der Waals surface area contributed by atoms with Gasteiger partial charge in [-0.25, -0.2) is 0 Å². The number of rotatable bonds is 7. The molecule has 6 heteroatoms. The van der Waals surface area contributed by atoms with E-state index < -0.39 is 0 Å². The molecule has 1 aromatic carbocycles. The average Bonchev–Trinajstić information content (AvgIpc) is 3.25. The summed E-state index contributed by atoms with van der Waals surface area (Å²) < 4.78 is 5.20. The van der Waals surface area contributed by atoms with Crippen molar-refractivity contribution in [2.45, 2.75) is 32.2 Å². The van der Waals surface area contributed by atoms with Crippen molar-refractivity contribution >= 4 is 23.2 Å². The molecule has 2 aromatic rings. The minimum absolute atomic E-state index is 0.0547. The van der Waals surface area contributed by atoms with Crippen LogP contribution in [0.4, 0.5) is 0 Å². The van der Waals surface area contributed by atoms with Gasteiger partial charge in [-0.05, 0) is 54.3 Å². The average molecular weight is 387 g/mol. The zero-order valence-corrected chi connectivity index (χ0v) is 16.5. The van der Waals surface area contributed by atoms with E-state index in [1.54, 1.807) is 18.4 Å².